The van der Waals surface area contributed by atoms with Crippen LogP contribution in [0, 0.1) is 17.8 Å². The molecule has 0 spiro atoms. The summed E-state index contributed by atoms with van der Waals surface area (Å²) in [6.07, 6.45) is 2.86. The Bertz CT molecular complexity index is 120. The molecule has 0 saturated heterocycles. The van der Waals surface area contributed by atoms with Crippen LogP contribution in [-0.4, -0.2) is 25.5 Å². The summed E-state index contributed by atoms with van der Waals surface area (Å²) in [7, 11) is 4.31. The van der Waals surface area contributed by atoms with Gasteiger partial charge in [0.25, 0.3) is 0 Å². The second-order valence-electron chi connectivity index (χ2n) is 4.45. The van der Waals surface area contributed by atoms with Gasteiger partial charge >= 0.3 is 0 Å². The summed E-state index contributed by atoms with van der Waals surface area (Å²) in [6.45, 7) is 6.03. The molecular weight excluding hydrogens is 134 g/mol. The van der Waals surface area contributed by atoms with Crippen LogP contribution in [0.3, 0.4) is 0 Å². The second-order valence-corrected chi connectivity index (χ2v) is 4.45. The van der Waals surface area contributed by atoms with Gasteiger partial charge in [-0.25, -0.2) is 0 Å². The van der Waals surface area contributed by atoms with Gasteiger partial charge in [-0.05, 0) is 51.2 Å². The Morgan fingerprint density at radius 3 is 2.36 bits per heavy atom. The topological polar surface area (TPSA) is 3.24 Å². The fourth-order valence-corrected chi connectivity index (χ4v) is 1.82. The van der Waals surface area contributed by atoms with Crippen LogP contribution in [0.25, 0.3) is 0 Å². The van der Waals surface area contributed by atoms with Crippen molar-refractivity contribution in [1.82, 2.24) is 4.90 Å². The Kier molecular flexibility index (Phi) is 2.94. The van der Waals surface area contributed by atoms with Gasteiger partial charge in [-0.1, -0.05) is 13.8 Å². The van der Waals surface area contributed by atoms with Crippen molar-refractivity contribution in [1.29, 1.82) is 0 Å². The lowest BCUT2D eigenvalue weighted by atomic mass is 10.0. The summed E-state index contributed by atoms with van der Waals surface area (Å²) in [4.78, 5) is 2.28. The van der Waals surface area contributed by atoms with Crippen LogP contribution in [0.5, 0.6) is 0 Å². The van der Waals surface area contributed by atoms with Gasteiger partial charge in [0.15, 0.2) is 0 Å². The minimum absolute atomic E-state index is 0.951. The molecule has 1 aliphatic rings. The predicted octanol–water partition coefficient (Wildman–Crippen LogP) is 2.23. The second kappa shape index (κ2) is 3.57. The van der Waals surface area contributed by atoms with Crippen LogP contribution in [-0.2, 0) is 0 Å². The van der Waals surface area contributed by atoms with E-state index in [1.165, 1.54) is 19.4 Å². The van der Waals surface area contributed by atoms with Crippen molar-refractivity contribution in [3.8, 4) is 0 Å². The van der Waals surface area contributed by atoms with Gasteiger partial charge < -0.3 is 4.90 Å². The van der Waals surface area contributed by atoms with E-state index in [2.05, 4.69) is 32.8 Å². The first-order valence-electron chi connectivity index (χ1n) is 4.76. The van der Waals surface area contributed by atoms with Gasteiger partial charge in [0.2, 0.25) is 0 Å². The van der Waals surface area contributed by atoms with Gasteiger partial charge in [0.05, 0.1) is 0 Å². The fourth-order valence-electron chi connectivity index (χ4n) is 1.82. The highest BCUT2D eigenvalue weighted by Gasteiger charge is 2.36. The third kappa shape index (κ3) is 2.82. The highest BCUT2D eigenvalue weighted by Crippen LogP contribution is 2.44. The Labute approximate surface area is 70.8 Å². The molecule has 11 heavy (non-hydrogen) atoms. The standard InChI is InChI=1S/C10H21N/c1-8(5-6-11(3)4)10-7-9(10)2/h8-10H,5-7H2,1-4H3. The summed E-state index contributed by atoms with van der Waals surface area (Å²) in [5, 5.41) is 0. The van der Waals surface area contributed by atoms with Crippen LogP contribution in [0.2, 0.25) is 0 Å². The number of hydrogen-bond acceptors (Lipinski definition) is 1. The molecule has 0 aliphatic heterocycles. The molecule has 0 radical (unpaired) electrons. The highest BCUT2D eigenvalue weighted by atomic mass is 15.0. The monoisotopic (exact) mass is 155 g/mol. The minimum Gasteiger partial charge on any atom is -0.309 e. The number of hydrogen-bond donors (Lipinski definition) is 0. The van der Waals surface area contributed by atoms with Gasteiger partial charge in [-0.15, -0.1) is 0 Å². The van der Waals surface area contributed by atoms with Gasteiger partial charge in [-0.2, -0.15) is 0 Å². The molecule has 1 heteroatoms. The molecule has 1 aliphatic carbocycles. The molecule has 0 aromatic carbocycles. The SMILES string of the molecule is CC(CCN(C)C)C1CC1C. The highest BCUT2D eigenvalue weighted by molar-refractivity contribution is 4.86. The lowest BCUT2D eigenvalue weighted by Crippen LogP contribution is -2.16. The lowest BCUT2D eigenvalue weighted by molar-refractivity contribution is 0.338. The normalized spacial score (nSPS) is 32.5. The third-order valence-electron chi connectivity index (χ3n) is 2.93. The molecule has 0 heterocycles. The molecular formula is C10H21N. The average Bonchev–Trinajstić information content (AvgIpc) is 2.61. The molecule has 1 saturated carbocycles. The van der Waals surface area contributed by atoms with Crippen LogP contribution in [0.4, 0.5) is 0 Å². The maximum atomic E-state index is 2.40. The molecule has 0 aromatic heterocycles. The quantitative estimate of drug-likeness (QED) is 0.602. The van der Waals surface area contributed by atoms with E-state index < -0.39 is 0 Å². The van der Waals surface area contributed by atoms with Gasteiger partial charge in [0, 0.05) is 0 Å². The van der Waals surface area contributed by atoms with Crippen molar-refractivity contribution in [2.75, 3.05) is 20.6 Å². The molecule has 3 atom stereocenters. The van der Waals surface area contributed by atoms with E-state index in [-0.39, 0.29) is 0 Å². The van der Waals surface area contributed by atoms with E-state index >= 15 is 0 Å². The molecule has 1 nitrogen and oxygen atoms in total. The molecule has 66 valence electrons. The van der Waals surface area contributed by atoms with Crippen LogP contribution in [0.1, 0.15) is 26.7 Å². The minimum atomic E-state index is 0.951. The zero-order valence-corrected chi connectivity index (χ0v) is 8.30. The first-order valence-corrected chi connectivity index (χ1v) is 4.76. The Balaban J connectivity index is 2.07. The Hall–Kier alpha value is -0.0400. The number of rotatable bonds is 4. The van der Waals surface area contributed by atoms with Gasteiger partial charge in [0.1, 0.15) is 0 Å². The Morgan fingerprint density at radius 2 is 2.00 bits per heavy atom. The fraction of sp³-hybridized carbons (Fsp3) is 1.00. The summed E-state index contributed by atoms with van der Waals surface area (Å²) in [5.74, 6) is 3.02. The summed E-state index contributed by atoms with van der Waals surface area (Å²) < 4.78 is 0. The molecule has 0 aromatic rings. The lowest BCUT2D eigenvalue weighted by Gasteiger charge is -2.14. The summed E-state index contributed by atoms with van der Waals surface area (Å²) >= 11 is 0. The van der Waals surface area contributed by atoms with E-state index in [0.717, 1.165) is 17.8 Å². The van der Waals surface area contributed by atoms with Crippen molar-refractivity contribution >= 4 is 0 Å². The maximum absolute atomic E-state index is 2.40. The van der Waals surface area contributed by atoms with E-state index in [0.29, 0.717) is 0 Å². The van der Waals surface area contributed by atoms with Gasteiger partial charge in [-0.3, -0.25) is 0 Å². The molecule has 3 unspecified atom stereocenters. The average molecular weight is 155 g/mol. The van der Waals surface area contributed by atoms with Crippen molar-refractivity contribution in [3.05, 3.63) is 0 Å². The Morgan fingerprint density at radius 1 is 1.45 bits per heavy atom. The van der Waals surface area contributed by atoms with E-state index in [9.17, 15) is 0 Å². The zero-order valence-electron chi connectivity index (χ0n) is 8.30. The zero-order chi connectivity index (χ0) is 8.43. The molecule has 1 fully saturated rings. The smallest absolute Gasteiger partial charge is 0.00222 e. The number of nitrogens with zero attached hydrogens (tertiary/aromatic N) is 1. The van der Waals surface area contributed by atoms with Crippen molar-refractivity contribution < 1.29 is 0 Å². The first-order chi connectivity index (χ1) is 5.11. The summed E-state index contributed by atoms with van der Waals surface area (Å²) in [5.41, 5.74) is 0. The largest absolute Gasteiger partial charge is 0.309 e. The molecule has 0 amide bonds. The summed E-state index contributed by atoms with van der Waals surface area (Å²) in [6, 6.07) is 0. The van der Waals surface area contributed by atoms with E-state index in [1.807, 2.05) is 0 Å². The van der Waals surface area contributed by atoms with E-state index in [1.54, 1.807) is 0 Å². The predicted molar refractivity (Wildman–Crippen MR) is 49.6 cm³/mol. The molecule has 0 N–H and O–H groups in total. The molecule has 0 bridgehead atoms. The van der Waals surface area contributed by atoms with Crippen LogP contribution >= 0.6 is 0 Å². The molecule has 1 rings (SSSR count). The van der Waals surface area contributed by atoms with Crippen molar-refractivity contribution in [2.24, 2.45) is 17.8 Å². The van der Waals surface area contributed by atoms with Crippen molar-refractivity contribution in [3.63, 3.8) is 0 Å². The third-order valence-corrected chi connectivity index (χ3v) is 2.93. The van der Waals surface area contributed by atoms with Crippen molar-refractivity contribution in [2.45, 2.75) is 26.7 Å². The van der Waals surface area contributed by atoms with Crippen LogP contribution < -0.4 is 0 Å². The first kappa shape index (κ1) is 9.05. The van der Waals surface area contributed by atoms with Crippen LogP contribution in [0.15, 0.2) is 0 Å². The maximum Gasteiger partial charge on any atom is -0.00222 e. The van der Waals surface area contributed by atoms with E-state index in [4.69, 9.17) is 0 Å².